The second kappa shape index (κ2) is 7.91. The third-order valence-electron chi connectivity index (χ3n) is 3.58. The highest BCUT2D eigenvalue weighted by Gasteiger charge is 2.21. The van der Waals surface area contributed by atoms with Crippen molar-refractivity contribution in [2.24, 2.45) is 0 Å². The average Bonchev–Trinajstić information content (AvgIpc) is 2.77. The monoisotopic (exact) mass is 307 g/mol. The Morgan fingerprint density at radius 2 is 2.05 bits per heavy atom. The molecule has 120 valence electrons. The average molecular weight is 307 g/mol. The lowest BCUT2D eigenvalue weighted by molar-refractivity contribution is -0.132. The summed E-state index contributed by atoms with van der Waals surface area (Å²) in [5.74, 6) is 0.472. The van der Waals surface area contributed by atoms with E-state index in [1.807, 2.05) is 0 Å². The first-order chi connectivity index (χ1) is 10.6. The molecule has 0 spiro atoms. The Labute approximate surface area is 129 Å². The van der Waals surface area contributed by atoms with Gasteiger partial charge in [0.05, 0.1) is 26.4 Å². The Morgan fingerprint density at radius 3 is 2.73 bits per heavy atom. The van der Waals surface area contributed by atoms with Crippen molar-refractivity contribution in [3.8, 4) is 5.75 Å². The number of amides is 1. The predicted molar refractivity (Wildman–Crippen MR) is 80.0 cm³/mol. The molecular formula is C16H21NO5. The molecule has 1 fully saturated rings. The van der Waals surface area contributed by atoms with Crippen molar-refractivity contribution in [1.82, 2.24) is 4.90 Å². The maximum absolute atomic E-state index is 12.1. The fraction of sp³-hybridized carbons (Fsp3) is 0.500. The molecule has 0 radical (unpaired) electrons. The molecule has 1 aliphatic rings. The molecule has 2 rings (SSSR count). The number of Topliss-reactive ketones (excluding diaryl/α,β-unsaturated/α-hetero) is 1. The zero-order valence-electron chi connectivity index (χ0n) is 12.7. The second-order valence-electron chi connectivity index (χ2n) is 5.22. The van der Waals surface area contributed by atoms with Gasteiger partial charge in [-0.25, -0.2) is 0 Å². The number of ketones is 1. The van der Waals surface area contributed by atoms with Gasteiger partial charge in [0.15, 0.2) is 5.78 Å². The first-order valence-electron chi connectivity index (χ1n) is 7.31. The van der Waals surface area contributed by atoms with Crippen molar-refractivity contribution in [2.75, 3.05) is 33.4 Å². The molecule has 1 N–H and O–H groups in total. The lowest BCUT2D eigenvalue weighted by Crippen LogP contribution is -2.37. The Balaban J connectivity index is 1.85. The molecular weight excluding hydrogens is 286 g/mol. The molecule has 1 unspecified atom stereocenters. The van der Waals surface area contributed by atoms with Crippen LogP contribution in [0, 0.1) is 0 Å². The minimum absolute atomic E-state index is 0.0809. The van der Waals surface area contributed by atoms with Gasteiger partial charge in [0.25, 0.3) is 0 Å². The smallest absolute Gasteiger partial charge is 0.223 e. The number of hydrogen-bond acceptors (Lipinski definition) is 5. The van der Waals surface area contributed by atoms with Crippen molar-refractivity contribution in [2.45, 2.75) is 18.9 Å². The van der Waals surface area contributed by atoms with Crippen LogP contribution in [0.4, 0.5) is 0 Å². The molecule has 6 heteroatoms. The predicted octanol–water partition coefficient (Wildman–Crippen LogP) is 0.878. The number of β-amino-alcohol motifs (C(OH)–C–C–N with tert-alkyl or cyclic N) is 1. The second-order valence-corrected chi connectivity index (χ2v) is 5.22. The van der Waals surface area contributed by atoms with E-state index in [1.165, 1.54) is 0 Å². The van der Waals surface area contributed by atoms with Crippen molar-refractivity contribution >= 4 is 11.7 Å². The lowest BCUT2D eigenvalue weighted by Gasteiger charge is -2.21. The standard InChI is InChI=1S/C16H21NO5/c1-21-14-4-2-12(3-5-14)15(19)6-7-16(20)17-8-9-22-11-13(18)10-17/h2-5,13,18H,6-11H2,1H3. The highest BCUT2D eigenvalue weighted by atomic mass is 16.5. The van der Waals surface area contributed by atoms with Crippen molar-refractivity contribution < 1.29 is 24.2 Å². The molecule has 1 atom stereocenters. The van der Waals surface area contributed by atoms with Crippen LogP contribution in [0.2, 0.25) is 0 Å². The number of benzene rings is 1. The van der Waals surface area contributed by atoms with Crippen LogP contribution in [0.5, 0.6) is 5.75 Å². The van der Waals surface area contributed by atoms with Gasteiger partial charge in [-0.3, -0.25) is 9.59 Å². The lowest BCUT2D eigenvalue weighted by atomic mass is 10.1. The minimum atomic E-state index is -0.663. The minimum Gasteiger partial charge on any atom is -0.497 e. The van der Waals surface area contributed by atoms with Gasteiger partial charge in [-0.1, -0.05) is 0 Å². The van der Waals surface area contributed by atoms with Gasteiger partial charge in [0.1, 0.15) is 5.75 Å². The van der Waals surface area contributed by atoms with Crippen LogP contribution < -0.4 is 4.74 Å². The fourth-order valence-corrected chi connectivity index (χ4v) is 2.32. The van der Waals surface area contributed by atoms with Crippen LogP contribution in [-0.2, 0) is 9.53 Å². The number of aliphatic hydroxyl groups is 1. The number of rotatable bonds is 5. The number of ether oxygens (including phenoxy) is 2. The van der Waals surface area contributed by atoms with Crippen molar-refractivity contribution in [3.63, 3.8) is 0 Å². The van der Waals surface area contributed by atoms with Crippen LogP contribution in [0.25, 0.3) is 0 Å². The van der Waals surface area contributed by atoms with Gasteiger partial charge < -0.3 is 19.5 Å². The SMILES string of the molecule is COc1ccc(C(=O)CCC(=O)N2CCOCC(O)C2)cc1. The molecule has 0 saturated carbocycles. The summed E-state index contributed by atoms with van der Waals surface area (Å²) in [6.07, 6.45) is -0.375. The molecule has 22 heavy (non-hydrogen) atoms. The number of hydrogen-bond donors (Lipinski definition) is 1. The van der Waals surface area contributed by atoms with Gasteiger partial charge in [-0.15, -0.1) is 0 Å². The Morgan fingerprint density at radius 1 is 1.32 bits per heavy atom. The number of carbonyl (C=O) groups is 2. The largest absolute Gasteiger partial charge is 0.497 e. The molecule has 1 aromatic rings. The zero-order valence-corrected chi connectivity index (χ0v) is 12.7. The number of carbonyl (C=O) groups excluding carboxylic acids is 2. The van der Waals surface area contributed by atoms with E-state index >= 15 is 0 Å². The maximum atomic E-state index is 12.1. The Bertz CT molecular complexity index is 514. The van der Waals surface area contributed by atoms with Gasteiger partial charge in [0.2, 0.25) is 5.91 Å². The summed E-state index contributed by atoms with van der Waals surface area (Å²) in [5.41, 5.74) is 0.563. The summed E-state index contributed by atoms with van der Waals surface area (Å²) in [6, 6.07) is 6.82. The Kier molecular flexibility index (Phi) is 5.91. The number of nitrogens with zero attached hydrogens (tertiary/aromatic N) is 1. The van der Waals surface area contributed by atoms with Gasteiger partial charge in [0, 0.05) is 31.5 Å². The molecule has 1 aromatic carbocycles. The first kappa shape index (κ1) is 16.5. The summed E-state index contributed by atoms with van der Waals surface area (Å²) >= 11 is 0. The third-order valence-corrected chi connectivity index (χ3v) is 3.58. The molecule has 1 amide bonds. The van der Waals surface area contributed by atoms with Crippen LogP contribution in [0.3, 0.4) is 0 Å². The van der Waals surface area contributed by atoms with Gasteiger partial charge in [-0.2, -0.15) is 0 Å². The molecule has 1 saturated heterocycles. The third kappa shape index (κ3) is 4.54. The highest BCUT2D eigenvalue weighted by Crippen LogP contribution is 2.14. The van der Waals surface area contributed by atoms with E-state index < -0.39 is 6.10 Å². The fourth-order valence-electron chi connectivity index (χ4n) is 2.32. The van der Waals surface area contributed by atoms with Gasteiger partial charge in [-0.05, 0) is 24.3 Å². The van der Waals surface area contributed by atoms with E-state index in [9.17, 15) is 14.7 Å². The molecule has 1 aliphatic heterocycles. The molecule has 1 heterocycles. The van der Waals surface area contributed by atoms with Crippen LogP contribution >= 0.6 is 0 Å². The molecule has 0 aromatic heterocycles. The van der Waals surface area contributed by atoms with E-state index in [0.29, 0.717) is 24.5 Å². The van der Waals surface area contributed by atoms with E-state index in [4.69, 9.17) is 9.47 Å². The molecule has 0 bridgehead atoms. The topological polar surface area (TPSA) is 76.1 Å². The summed E-state index contributed by atoms with van der Waals surface area (Å²) in [5, 5.41) is 9.62. The van der Waals surface area contributed by atoms with Crippen LogP contribution in [-0.4, -0.2) is 61.2 Å². The molecule has 0 aliphatic carbocycles. The summed E-state index contributed by atoms with van der Waals surface area (Å²) in [7, 11) is 1.56. The van der Waals surface area contributed by atoms with E-state index in [1.54, 1.807) is 36.3 Å². The van der Waals surface area contributed by atoms with E-state index in [-0.39, 0.29) is 37.7 Å². The zero-order chi connectivity index (χ0) is 15.9. The molecule has 6 nitrogen and oxygen atoms in total. The van der Waals surface area contributed by atoms with E-state index in [2.05, 4.69) is 0 Å². The normalized spacial score (nSPS) is 18.6. The van der Waals surface area contributed by atoms with Crippen molar-refractivity contribution in [1.29, 1.82) is 0 Å². The van der Waals surface area contributed by atoms with Crippen LogP contribution in [0.1, 0.15) is 23.2 Å². The van der Waals surface area contributed by atoms with Crippen LogP contribution in [0.15, 0.2) is 24.3 Å². The highest BCUT2D eigenvalue weighted by molar-refractivity contribution is 5.98. The van der Waals surface area contributed by atoms with Crippen molar-refractivity contribution in [3.05, 3.63) is 29.8 Å². The first-order valence-corrected chi connectivity index (χ1v) is 7.31. The maximum Gasteiger partial charge on any atom is 0.223 e. The number of methoxy groups -OCH3 is 1. The number of aliphatic hydroxyl groups excluding tert-OH is 1. The summed E-state index contributed by atoms with van der Waals surface area (Å²) < 4.78 is 10.2. The summed E-state index contributed by atoms with van der Waals surface area (Å²) in [6.45, 7) is 1.37. The Hall–Kier alpha value is -1.92. The quantitative estimate of drug-likeness (QED) is 0.817. The van der Waals surface area contributed by atoms with Gasteiger partial charge >= 0.3 is 0 Å². The van der Waals surface area contributed by atoms with E-state index in [0.717, 1.165) is 0 Å². The summed E-state index contributed by atoms with van der Waals surface area (Å²) in [4.78, 5) is 25.8.